The highest BCUT2D eigenvalue weighted by molar-refractivity contribution is 7.10. The zero-order chi connectivity index (χ0) is 17.9. The van der Waals surface area contributed by atoms with Gasteiger partial charge in [-0.25, -0.2) is 0 Å². The minimum absolute atomic E-state index is 0.0580. The monoisotopic (exact) mass is 348 g/mol. The lowest BCUT2D eigenvalue weighted by molar-refractivity contribution is 0.0931. The number of hydrogen-bond acceptors (Lipinski definition) is 4. The highest BCUT2D eigenvalue weighted by Crippen LogP contribution is 2.26. The lowest BCUT2D eigenvalue weighted by atomic mass is 10.1. The number of nitrogens with one attached hydrogen (secondary N) is 1. The van der Waals surface area contributed by atoms with Crippen molar-refractivity contribution >= 4 is 17.2 Å². The van der Waals surface area contributed by atoms with Crippen molar-refractivity contribution in [1.82, 2.24) is 20.0 Å². The molecular weight excluding hydrogens is 320 g/mol. The van der Waals surface area contributed by atoms with Gasteiger partial charge in [-0.2, -0.15) is 5.10 Å². The molecule has 2 heterocycles. The van der Waals surface area contributed by atoms with Crippen LogP contribution < -0.4 is 5.32 Å². The van der Waals surface area contributed by atoms with E-state index in [1.165, 1.54) is 10.4 Å². The number of thiophene rings is 1. The number of carbonyl (C=O) groups excluding carboxylic acids is 1. The minimum Gasteiger partial charge on any atom is -0.349 e. The molecule has 1 atom stereocenters. The van der Waals surface area contributed by atoms with Crippen LogP contribution in [-0.2, 0) is 6.54 Å². The van der Waals surface area contributed by atoms with E-state index < -0.39 is 0 Å². The Balaban J connectivity index is 2.13. The topological polar surface area (TPSA) is 50.2 Å². The van der Waals surface area contributed by atoms with Crippen LogP contribution in [0.1, 0.15) is 59.4 Å². The molecule has 5 nitrogen and oxygen atoms in total. The first kappa shape index (κ1) is 18.7. The third-order valence-corrected chi connectivity index (χ3v) is 5.33. The van der Waals surface area contributed by atoms with Crippen molar-refractivity contribution in [3.8, 4) is 0 Å². The highest BCUT2D eigenvalue weighted by Gasteiger charge is 2.21. The first-order valence-corrected chi connectivity index (χ1v) is 9.29. The molecule has 132 valence electrons. The van der Waals surface area contributed by atoms with Crippen LogP contribution in [0.5, 0.6) is 0 Å². The molecule has 0 fully saturated rings. The normalized spacial score (nSPS) is 12.8. The second kappa shape index (κ2) is 7.94. The van der Waals surface area contributed by atoms with Crippen molar-refractivity contribution in [2.45, 2.75) is 46.2 Å². The first-order valence-electron chi connectivity index (χ1n) is 8.41. The summed E-state index contributed by atoms with van der Waals surface area (Å²) in [5.74, 6) is 0.255. The minimum atomic E-state index is -0.0580. The van der Waals surface area contributed by atoms with Crippen LogP contribution in [0.15, 0.2) is 17.5 Å². The lowest BCUT2D eigenvalue weighted by Gasteiger charge is -2.24. The van der Waals surface area contributed by atoms with E-state index in [2.05, 4.69) is 47.5 Å². The molecule has 1 unspecified atom stereocenters. The summed E-state index contributed by atoms with van der Waals surface area (Å²) in [4.78, 5) is 16.1. The maximum atomic E-state index is 12.7. The first-order chi connectivity index (χ1) is 11.3. The third-order valence-electron chi connectivity index (χ3n) is 4.21. The molecule has 0 saturated heterocycles. The second-order valence-corrected chi connectivity index (χ2v) is 7.53. The highest BCUT2D eigenvalue weighted by atomic mass is 32.1. The molecule has 0 radical (unpaired) electrons. The van der Waals surface area contributed by atoms with Crippen molar-refractivity contribution in [3.63, 3.8) is 0 Å². The Morgan fingerprint density at radius 1 is 1.42 bits per heavy atom. The van der Waals surface area contributed by atoms with Crippen LogP contribution in [0.25, 0.3) is 0 Å². The van der Waals surface area contributed by atoms with Crippen LogP contribution in [0.4, 0.5) is 0 Å². The van der Waals surface area contributed by atoms with Crippen LogP contribution in [0, 0.1) is 6.92 Å². The van der Waals surface area contributed by atoms with Gasteiger partial charge in [0, 0.05) is 18.0 Å². The Kier molecular flexibility index (Phi) is 6.18. The smallest absolute Gasteiger partial charge is 0.269 e. The summed E-state index contributed by atoms with van der Waals surface area (Å²) in [6.45, 7) is 9.57. The van der Waals surface area contributed by atoms with E-state index in [4.69, 9.17) is 0 Å². The van der Waals surface area contributed by atoms with Crippen molar-refractivity contribution in [1.29, 1.82) is 0 Å². The fourth-order valence-electron chi connectivity index (χ4n) is 2.66. The van der Waals surface area contributed by atoms with Gasteiger partial charge in [0.15, 0.2) is 0 Å². The molecule has 0 spiro atoms. The largest absolute Gasteiger partial charge is 0.349 e. The fraction of sp³-hybridized carbons (Fsp3) is 0.556. The number of aromatic nitrogens is 2. The van der Waals surface area contributed by atoms with Gasteiger partial charge in [-0.1, -0.05) is 13.8 Å². The van der Waals surface area contributed by atoms with Crippen molar-refractivity contribution in [2.75, 3.05) is 20.6 Å². The van der Waals surface area contributed by atoms with E-state index in [0.717, 1.165) is 5.69 Å². The predicted octanol–water partition coefficient (Wildman–Crippen LogP) is 3.43. The number of carbonyl (C=O) groups is 1. The molecule has 0 aliphatic rings. The Bertz CT molecular complexity index is 687. The van der Waals surface area contributed by atoms with Gasteiger partial charge in [-0.15, -0.1) is 11.3 Å². The van der Waals surface area contributed by atoms with Gasteiger partial charge in [0.1, 0.15) is 5.69 Å². The average molecular weight is 349 g/mol. The van der Waals surface area contributed by atoms with Gasteiger partial charge < -0.3 is 10.2 Å². The molecule has 0 bridgehead atoms. The quantitative estimate of drug-likeness (QED) is 0.834. The van der Waals surface area contributed by atoms with Crippen LogP contribution in [-0.4, -0.2) is 41.2 Å². The maximum absolute atomic E-state index is 12.7. The van der Waals surface area contributed by atoms with E-state index in [-0.39, 0.29) is 11.9 Å². The summed E-state index contributed by atoms with van der Waals surface area (Å²) in [6, 6.07) is 4.21. The SMILES string of the molecule is CCn1nc(C(C)C)cc1C(=O)NCC(c1sccc1C)N(C)C. The van der Waals surface area contributed by atoms with Gasteiger partial charge in [0.2, 0.25) is 0 Å². The van der Waals surface area contributed by atoms with Gasteiger partial charge in [-0.05, 0) is 56.9 Å². The second-order valence-electron chi connectivity index (χ2n) is 6.58. The van der Waals surface area contributed by atoms with Gasteiger partial charge >= 0.3 is 0 Å². The Hall–Kier alpha value is -1.66. The molecule has 24 heavy (non-hydrogen) atoms. The molecule has 2 aromatic heterocycles. The van der Waals surface area contributed by atoms with Gasteiger partial charge in [0.25, 0.3) is 5.91 Å². The summed E-state index contributed by atoms with van der Waals surface area (Å²) in [5, 5.41) is 9.71. The number of aryl methyl sites for hydroxylation is 2. The van der Waals surface area contributed by atoms with Crippen LogP contribution in [0.3, 0.4) is 0 Å². The maximum Gasteiger partial charge on any atom is 0.269 e. The number of nitrogens with zero attached hydrogens (tertiary/aromatic N) is 3. The summed E-state index contributed by atoms with van der Waals surface area (Å²) in [7, 11) is 4.09. The summed E-state index contributed by atoms with van der Waals surface area (Å²) in [5.41, 5.74) is 2.87. The average Bonchev–Trinajstić information content (AvgIpc) is 3.13. The van der Waals surface area contributed by atoms with E-state index in [1.807, 2.05) is 27.1 Å². The predicted molar refractivity (Wildman–Crippen MR) is 99.8 cm³/mol. The van der Waals surface area contributed by atoms with Crippen LogP contribution in [0.2, 0.25) is 0 Å². The number of likely N-dealkylation sites (N-methyl/N-ethyl adjacent to an activating group) is 1. The molecule has 0 aliphatic heterocycles. The number of rotatable bonds is 7. The van der Waals surface area contributed by atoms with E-state index >= 15 is 0 Å². The molecular formula is C18H28N4OS. The fourth-order valence-corrected chi connectivity index (χ4v) is 3.78. The van der Waals surface area contributed by atoms with E-state index in [9.17, 15) is 4.79 Å². The molecule has 0 aromatic carbocycles. The van der Waals surface area contributed by atoms with Crippen molar-refractivity contribution in [2.24, 2.45) is 0 Å². The Morgan fingerprint density at radius 3 is 2.62 bits per heavy atom. The van der Waals surface area contributed by atoms with E-state index in [0.29, 0.717) is 24.7 Å². The molecule has 6 heteroatoms. The van der Waals surface area contributed by atoms with E-state index in [1.54, 1.807) is 16.0 Å². The number of hydrogen-bond donors (Lipinski definition) is 1. The van der Waals surface area contributed by atoms with Gasteiger partial charge in [0.05, 0.1) is 11.7 Å². The van der Waals surface area contributed by atoms with Crippen LogP contribution >= 0.6 is 11.3 Å². The molecule has 0 aliphatic carbocycles. The molecule has 2 aromatic rings. The van der Waals surface area contributed by atoms with Gasteiger partial charge in [-0.3, -0.25) is 9.48 Å². The third kappa shape index (κ3) is 4.05. The summed E-state index contributed by atoms with van der Waals surface area (Å²) in [6.07, 6.45) is 0. The van der Waals surface area contributed by atoms with Crippen molar-refractivity contribution in [3.05, 3.63) is 39.3 Å². The standard InChI is InChI=1S/C18H28N4OS/c1-7-22-15(10-14(20-22)12(2)3)18(23)19-11-16(21(5)6)17-13(4)8-9-24-17/h8-10,12,16H,7,11H2,1-6H3,(H,19,23). The molecule has 1 amide bonds. The molecule has 1 N–H and O–H groups in total. The lowest BCUT2D eigenvalue weighted by Crippen LogP contribution is -2.35. The van der Waals surface area contributed by atoms with Crippen molar-refractivity contribution < 1.29 is 4.79 Å². The Labute approximate surface area is 148 Å². The summed E-state index contributed by atoms with van der Waals surface area (Å²) >= 11 is 1.74. The molecule has 0 saturated carbocycles. The zero-order valence-electron chi connectivity index (χ0n) is 15.5. The Morgan fingerprint density at radius 2 is 2.12 bits per heavy atom. The zero-order valence-corrected chi connectivity index (χ0v) is 16.3. The molecule has 2 rings (SSSR count). The summed E-state index contributed by atoms with van der Waals surface area (Å²) < 4.78 is 1.78. The number of amides is 1.